The van der Waals surface area contributed by atoms with E-state index >= 15 is 0 Å². The third-order valence-corrected chi connectivity index (χ3v) is 21.4. The van der Waals surface area contributed by atoms with Crippen molar-refractivity contribution < 1.29 is 71.0 Å². The monoisotopic (exact) mass is 1220 g/mol. The van der Waals surface area contributed by atoms with E-state index in [2.05, 4.69) is 46.9 Å². The average molecular weight is 1220 g/mol. The van der Waals surface area contributed by atoms with E-state index < -0.39 is 111 Å². The number of nitrogens with zero attached hydrogens (tertiary/aromatic N) is 1. The number of rotatable bonds is 30. The molecule has 1 amide bonds. The van der Waals surface area contributed by atoms with Gasteiger partial charge in [0.2, 0.25) is 6.29 Å². The molecule has 2 heterocycles. The van der Waals surface area contributed by atoms with Gasteiger partial charge in [0.15, 0.2) is 26.8 Å². The summed E-state index contributed by atoms with van der Waals surface area (Å²) in [4.78, 5) is 41.3. The first kappa shape index (κ1) is 68.5. The van der Waals surface area contributed by atoms with Gasteiger partial charge in [0.25, 0.3) is 6.04 Å². The highest BCUT2D eigenvalue weighted by Crippen LogP contribution is 2.44. The summed E-state index contributed by atoms with van der Waals surface area (Å²) in [5, 5.41) is 16.9. The molecule has 0 spiro atoms. The second-order valence-corrected chi connectivity index (χ2v) is 30.7. The number of nitro groups is 1. The van der Waals surface area contributed by atoms with Crippen LogP contribution in [-0.2, 0) is 94.4 Å². The maximum absolute atomic E-state index is 14.3. The van der Waals surface area contributed by atoms with Crippen LogP contribution in [0.5, 0.6) is 0 Å². The minimum atomic E-state index is -2.72. The molecule has 1 N–H and O–H groups in total. The van der Waals surface area contributed by atoms with Crippen LogP contribution in [0.2, 0.25) is 16.6 Å². The number of nitrogens with one attached hydrogen (secondary N) is 1. The van der Waals surface area contributed by atoms with Gasteiger partial charge in [-0.05, 0) is 86.0 Å². The molecule has 7 rings (SSSR count). The standard InChI is InChI=1S/C68H92N2O16Si/c1-46(2)87(47(3)4,48(5)6)81-45-56-58(76-39-50-30-20-14-21-31-50)60(57(70(73)74)64(82-56)80-43-54(63(71)85-67(7,8)9)69-66(72)86-68(10,11)12)84-65-62(79-42-53-36-26-17-27-37-53)61(78-41-52-34-24-16-25-35-52)59(77-40-51-32-22-15-23-33-51)55(83-65)44-75-38-49-28-18-13-19-29-49/h13-37,46-48,54-62,64-65H,38-45H2,1-12H3,(H,69,72)/t54-,55+,56+,57+,58-,59-,60+,61-,62+,64-,65+/m0/s1. The highest BCUT2D eigenvalue weighted by atomic mass is 28.4. The van der Waals surface area contributed by atoms with Crippen LogP contribution in [0.15, 0.2) is 152 Å². The molecule has 0 radical (unpaired) electrons. The van der Waals surface area contributed by atoms with Crippen LogP contribution in [0, 0.1) is 10.1 Å². The van der Waals surface area contributed by atoms with Crippen molar-refractivity contribution in [1.29, 1.82) is 0 Å². The number of alkyl carbamates (subject to hydrolysis) is 1. The third kappa shape index (κ3) is 20.3. The van der Waals surface area contributed by atoms with Crippen molar-refractivity contribution in [1.82, 2.24) is 5.32 Å². The van der Waals surface area contributed by atoms with E-state index in [0.29, 0.717) is 0 Å². The molecule has 11 atom stereocenters. The van der Waals surface area contributed by atoms with E-state index in [-0.39, 0.29) is 62.9 Å². The van der Waals surface area contributed by atoms with Crippen LogP contribution in [-0.4, -0.2) is 124 Å². The molecule has 0 unspecified atom stereocenters. The first-order valence-corrected chi connectivity index (χ1v) is 32.5. The molecule has 2 saturated heterocycles. The summed E-state index contributed by atoms with van der Waals surface area (Å²) in [5.74, 6) is -0.875. The molecule has 2 aliphatic heterocycles. The molecule has 5 aromatic rings. The summed E-state index contributed by atoms with van der Waals surface area (Å²) in [7, 11) is -2.72. The van der Waals surface area contributed by atoms with Crippen molar-refractivity contribution in [2.45, 2.75) is 211 Å². The van der Waals surface area contributed by atoms with Gasteiger partial charge < -0.3 is 61.8 Å². The third-order valence-electron chi connectivity index (χ3n) is 15.3. The van der Waals surface area contributed by atoms with Gasteiger partial charge >= 0.3 is 12.1 Å². The van der Waals surface area contributed by atoms with Crippen LogP contribution in [0.25, 0.3) is 0 Å². The van der Waals surface area contributed by atoms with Crippen LogP contribution in [0.4, 0.5) is 4.79 Å². The van der Waals surface area contributed by atoms with Gasteiger partial charge in [-0.15, -0.1) is 0 Å². The van der Waals surface area contributed by atoms with E-state index in [0.717, 1.165) is 27.8 Å². The summed E-state index contributed by atoms with van der Waals surface area (Å²) in [6.45, 7) is 22.8. The minimum absolute atomic E-state index is 0.0174. The molecule has 0 saturated carbocycles. The number of benzene rings is 5. The zero-order valence-corrected chi connectivity index (χ0v) is 53.7. The largest absolute Gasteiger partial charge is 0.458 e. The van der Waals surface area contributed by atoms with E-state index in [4.69, 9.17) is 56.5 Å². The number of carbonyl (C=O) groups excluding carboxylic acids is 2. The lowest BCUT2D eigenvalue weighted by Gasteiger charge is -2.49. The molecule has 2 aliphatic rings. The Bertz CT molecular complexity index is 2800. The number of hydrogen-bond acceptors (Lipinski definition) is 16. The fourth-order valence-electron chi connectivity index (χ4n) is 11.4. The Labute approximate surface area is 515 Å². The van der Waals surface area contributed by atoms with Crippen molar-refractivity contribution >= 4 is 20.4 Å². The number of hydrogen-bond donors (Lipinski definition) is 1. The predicted octanol–water partition coefficient (Wildman–Crippen LogP) is 12.5. The molecule has 0 bridgehead atoms. The second-order valence-electron chi connectivity index (χ2n) is 25.2. The number of carbonyl (C=O) groups is 2. The molecule has 87 heavy (non-hydrogen) atoms. The zero-order chi connectivity index (χ0) is 62.7. The van der Waals surface area contributed by atoms with E-state index in [1.165, 1.54) is 0 Å². The van der Waals surface area contributed by atoms with E-state index in [1.54, 1.807) is 41.5 Å². The van der Waals surface area contributed by atoms with Crippen molar-refractivity contribution in [2.24, 2.45) is 0 Å². The van der Waals surface area contributed by atoms with Crippen molar-refractivity contribution in [3.05, 3.63) is 190 Å². The maximum Gasteiger partial charge on any atom is 0.408 e. The molecule has 0 aromatic heterocycles. The Morgan fingerprint density at radius 1 is 0.506 bits per heavy atom. The van der Waals surface area contributed by atoms with Crippen LogP contribution >= 0.6 is 0 Å². The summed E-state index contributed by atoms with van der Waals surface area (Å²) in [5.41, 5.74) is 2.73. The topological polar surface area (TPSA) is 200 Å². The minimum Gasteiger partial charge on any atom is -0.458 e. The highest BCUT2D eigenvalue weighted by molar-refractivity contribution is 6.77. The van der Waals surface area contributed by atoms with Gasteiger partial charge in [-0.25, -0.2) is 9.59 Å². The first-order valence-electron chi connectivity index (χ1n) is 30.3. The van der Waals surface area contributed by atoms with Crippen LogP contribution < -0.4 is 5.32 Å². The zero-order valence-electron chi connectivity index (χ0n) is 52.7. The van der Waals surface area contributed by atoms with Crippen molar-refractivity contribution in [3.63, 3.8) is 0 Å². The first-order chi connectivity index (χ1) is 41.5. The summed E-state index contributed by atoms with van der Waals surface area (Å²) in [6.07, 6.45) is -12.1. The predicted molar refractivity (Wildman–Crippen MR) is 331 cm³/mol. The maximum atomic E-state index is 14.3. The molecule has 474 valence electrons. The van der Waals surface area contributed by atoms with Gasteiger partial charge in [0, 0.05) is 4.92 Å². The smallest absolute Gasteiger partial charge is 0.408 e. The lowest BCUT2D eigenvalue weighted by Crippen LogP contribution is -2.68. The van der Waals surface area contributed by atoms with Gasteiger partial charge in [0.1, 0.15) is 47.8 Å². The Hall–Kier alpha value is -5.94. The highest BCUT2D eigenvalue weighted by Gasteiger charge is 2.59. The number of amides is 1. The molecule has 2 fully saturated rings. The van der Waals surface area contributed by atoms with E-state index in [1.807, 2.05) is 152 Å². The Balaban J connectivity index is 1.38. The molecule has 5 aromatic carbocycles. The fourth-order valence-corrected chi connectivity index (χ4v) is 16.9. The lowest BCUT2D eigenvalue weighted by molar-refractivity contribution is -0.580. The van der Waals surface area contributed by atoms with Crippen LogP contribution in [0.1, 0.15) is 111 Å². The summed E-state index contributed by atoms with van der Waals surface area (Å²) < 4.78 is 81.2. The Morgan fingerprint density at radius 2 is 0.885 bits per heavy atom. The van der Waals surface area contributed by atoms with Crippen LogP contribution in [0.3, 0.4) is 0 Å². The van der Waals surface area contributed by atoms with E-state index in [9.17, 15) is 19.7 Å². The van der Waals surface area contributed by atoms with Gasteiger partial charge in [-0.3, -0.25) is 10.1 Å². The molecular formula is C68H92N2O16Si. The average Bonchev–Trinajstić information content (AvgIpc) is 1.88. The Morgan fingerprint density at radius 3 is 1.30 bits per heavy atom. The van der Waals surface area contributed by atoms with Gasteiger partial charge in [-0.2, -0.15) is 0 Å². The summed E-state index contributed by atoms with van der Waals surface area (Å²) in [6, 6.07) is 44.8. The van der Waals surface area contributed by atoms with Gasteiger partial charge in [0.05, 0.1) is 52.9 Å². The quantitative estimate of drug-likeness (QED) is 0.0197. The van der Waals surface area contributed by atoms with Gasteiger partial charge in [-0.1, -0.05) is 193 Å². The summed E-state index contributed by atoms with van der Waals surface area (Å²) >= 11 is 0. The molecular weight excluding hydrogens is 1130 g/mol. The lowest BCUT2D eigenvalue weighted by atomic mass is 9.95. The SMILES string of the molecule is CC(C)[Si](OC[C@H]1O[C@H](OC[C@H](NC(=O)OC(C)(C)C)C(=O)OC(C)(C)C)[C@H]([N+](=O)[O-])[C@@H](O[C@H]2O[C@H](COCc3ccccc3)[C@H](OCc3ccccc3)[C@H](OCc3ccccc3)[C@H]2OCc2ccccc2)[C@H]1OCc1ccccc1)(C(C)C)C(C)C. The fraction of sp³-hybridized carbons (Fsp3) is 0.529. The molecule has 19 heteroatoms. The molecule has 18 nitrogen and oxygen atoms in total. The number of ether oxygens (including phenoxy) is 11. The van der Waals surface area contributed by atoms with Crippen molar-refractivity contribution in [3.8, 4) is 0 Å². The Kier molecular flexibility index (Phi) is 25.6. The van der Waals surface area contributed by atoms with Crippen molar-refractivity contribution in [2.75, 3.05) is 19.8 Å². The number of esters is 1. The second kappa shape index (κ2) is 32.5. The normalized spacial score (nSPS) is 23.1. The molecule has 0 aliphatic carbocycles.